The Bertz CT molecular complexity index is 814. The zero-order valence-corrected chi connectivity index (χ0v) is 12.0. The second-order valence-electron chi connectivity index (χ2n) is 5.19. The van der Waals surface area contributed by atoms with Gasteiger partial charge in [0.1, 0.15) is 5.69 Å². The molecule has 0 N–H and O–H groups in total. The summed E-state index contributed by atoms with van der Waals surface area (Å²) < 4.78 is 5.28. The highest BCUT2D eigenvalue weighted by molar-refractivity contribution is 5.94. The van der Waals surface area contributed by atoms with Crippen LogP contribution in [-0.2, 0) is 0 Å². The topological polar surface area (TPSA) is 97.9 Å². The number of nitrogens with zero attached hydrogens (tertiary/aromatic N) is 6. The highest BCUT2D eigenvalue weighted by atomic mass is 16.5. The molecule has 0 aromatic carbocycles. The van der Waals surface area contributed by atoms with Crippen molar-refractivity contribution in [1.82, 2.24) is 30.0 Å². The molecule has 114 valence electrons. The lowest BCUT2D eigenvalue weighted by atomic mass is 9.99. The predicted molar refractivity (Wildman–Crippen MR) is 78.2 cm³/mol. The molecule has 3 aromatic heterocycles. The second kappa shape index (κ2) is 5.56. The normalized spacial score (nSPS) is 14.5. The molecule has 0 atom stereocenters. The third kappa shape index (κ3) is 2.54. The molecule has 0 spiro atoms. The van der Waals surface area contributed by atoms with Crippen molar-refractivity contribution in [2.75, 3.05) is 13.1 Å². The lowest BCUT2D eigenvalue weighted by molar-refractivity contribution is 0.0569. The molecule has 0 saturated carbocycles. The van der Waals surface area contributed by atoms with Gasteiger partial charge in [0, 0.05) is 43.4 Å². The number of hydrogen-bond acceptors (Lipinski definition) is 7. The molecule has 4 heterocycles. The van der Waals surface area contributed by atoms with Crippen molar-refractivity contribution >= 4 is 5.91 Å². The molecule has 0 radical (unpaired) electrons. The molecular weight excluding hydrogens is 296 g/mol. The van der Waals surface area contributed by atoms with Gasteiger partial charge in [-0.2, -0.15) is 4.98 Å². The van der Waals surface area contributed by atoms with Crippen LogP contribution in [-0.4, -0.2) is 49.0 Å². The van der Waals surface area contributed by atoms with Gasteiger partial charge in [-0.1, -0.05) is 5.16 Å². The van der Waals surface area contributed by atoms with Crippen molar-refractivity contribution < 1.29 is 9.32 Å². The molecule has 8 heteroatoms. The van der Waals surface area contributed by atoms with Crippen LogP contribution in [0.15, 0.2) is 47.6 Å². The first-order valence-corrected chi connectivity index (χ1v) is 7.10. The van der Waals surface area contributed by atoms with Gasteiger partial charge in [0.15, 0.2) is 0 Å². The Morgan fingerprint density at radius 1 is 1.13 bits per heavy atom. The Hall–Kier alpha value is -3.16. The molecule has 1 aliphatic rings. The molecule has 8 nitrogen and oxygen atoms in total. The van der Waals surface area contributed by atoms with Crippen molar-refractivity contribution in [3.63, 3.8) is 0 Å². The highest BCUT2D eigenvalue weighted by Crippen LogP contribution is 2.28. The molecule has 23 heavy (non-hydrogen) atoms. The van der Waals surface area contributed by atoms with E-state index in [0.717, 1.165) is 0 Å². The maximum absolute atomic E-state index is 12.2. The fourth-order valence-electron chi connectivity index (χ4n) is 2.40. The molecule has 0 aliphatic carbocycles. The maximum atomic E-state index is 12.2. The average molecular weight is 308 g/mol. The number of likely N-dealkylation sites (tertiary alicyclic amines) is 1. The molecule has 1 amide bonds. The summed E-state index contributed by atoms with van der Waals surface area (Å²) in [5.74, 6) is 0.965. The molecule has 0 bridgehead atoms. The molecule has 1 aliphatic heterocycles. The molecular formula is C15H12N6O2. The van der Waals surface area contributed by atoms with E-state index >= 15 is 0 Å². The summed E-state index contributed by atoms with van der Waals surface area (Å²) in [4.78, 5) is 30.3. The summed E-state index contributed by atoms with van der Waals surface area (Å²) in [5.41, 5.74) is 1.19. The van der Waals surface area contributed by atoms with Crippen LogP contribution in [0, 0.1) is 0 Å². The van der Waals surface area contributed by atoms with E-state index in [-0.39, 0.29) is 11.8 Å². The zero-order chi connectivity index (χ0) is 15.6. The molecule has 1 fully saturated rings. The van der Waals surface area contributed by atoms with Crippen molar-refractivity contribution in [1.29, 1.82) is 0 Å². The number of carbonyl (C=O) groups is 1. The quantitative estimate of drug-likeness (QED) is 0.716. The van der Waals surface area contributed by atoms with Gasteiger partial charge < -0.3 is 9.42 Å². The molecule has 0 unspecified atom stereocenters. The average Bonchev–Trinajstić information content (AvgIpc) is 3.05. The maximum Gasteiger partial charge on any atom is 0.254 e. The van der Waals surface area contributed by atoms with Crippen LogP contribution >= 0.6 is 0 Å². The van der Waals surface area contributed by atoms with Gasteiger partial charge in [0.05, 0.1) is 12.1 Å². The standard InChI is InChI=1S/C15H12N6O2/c22-15(10-1-3-16-4-2-10)21-8-11(9-21)14-19-13(20-23-14)12-7-17-5-6-18-12/h1-7,11H,8-9H2. The van der Waals surface area contributed by atoms with E-state index in [4.69, 9.17) is 4.52 Å². The second-order valence-corrected chi connectivity index (χ2v) is 5.19. The summed E-state index contributed by atoms with van der Waals surface area (Å²) in [6.45, 7) is 1.12. The van der Waals surface area contributed by atoms with Crippen molar-refractivity contribution in [2.45, 2.75) is 5.92 Å². The van der Waals surface area contributed by atoms with E-state index < -0.39 is 0 Å². The highest BCUT2D eigenvalue weighted by Gasteiger charge is 2.36. The van der Waals surface area contributed by atoms with Crippen molar-refractivity contribution in [3.8, 4) is 11.5 Å². The van der Waals surface area contributed by atoms with Crippen LogP contribution in [0.2, 0.25) is 0 Å². The van der Waals surface area contributed by atoms with E-state index in [0.29, 0.717) is 36.1 Å². The van der Waals surface area contributed by atoms with Crippen LogP contribution in [0.5, 0.6) is 0 Å². The summed E-state index contributed by atoms with van der Waals surface area (Å²) >= 11 is 0. The van der Waals surface area contributed by atoms with Crippen LogP contribution in [0.25, 0.3) is 11.5 Å². The summed E-state index contributed by atoms with van der Waals surface area (Å²) in [7, 11) is 0. The number of pyridine rings is 1. The summed E-state index contributed by atoms with van der Waals surface area (Å²) in [5, 5.41) is 3.92. The minimum atomic E-state index is -0.0164. The number of hydrogen-bond donors (Lipinski definition) is 0. The smallest absolute Gasteiger partial charge is 0.254 e. The van der Waals surface area contributed by atoms with Crippen LogP contribution in [0.3, 0.4) is 0 Å². The first kappa shape index (κ1) is 13.5. The minimum absolute atomic E-state index is 0.0164. The number of carbonyl (C=O) groups excluding carboxylic acids is 1. The summed E-state index contributed by atoms with van der Waals surface area (Å²) in [6.07, 6.45) is 7.95. The third-order valence-corrected chi connectivity index (χ3v) is 3.68. The Kier molecular flexibility index (Phi) is 3.26. The fraction of sp³-hybridized carbons (Fsp3) is 0.200. The van der Waals surface area contributed by atoms with Crippen molar-refractivity contribution in [2.24, 2.45) is 0 Å². The van der Waals surface area contributed by atoms with Gasteiger partial charge in [-0.05, 0) is 12.1 Å². The van der Waals surface area contributed by atoms with E-state index in [2.05, 4.69) is 25.1 Å². The molecule has 1 saturated heterocycles. The molecule has 4 rings (SSSR count). The van der Waals surface area contributed by atoms with Gasteiger partial charge >= 0.3 is 0 Å². The van der Waals surface area contributed by atoms with Crippen LogP contribution < -0.4 is 0 Å². The monoisotopic (exact) mass is 308 g/mol. The fourth-order valence-corrected chi connectivity index (χ4v) is 2.40. The first-order valence-electron chi connectivity index (χ1n) is 7.10. The SMILES string of the molecule is O=C(c1ccncc1)N1CC(c2nc(-c3cnccn3)no2)C1. The first-order chi connectivity index (χ1) is 11.3. The predicted octanol–water partition coefficient (Wildman–Crippen LogP) is 1.16. The van der Waals surface area contributed by atoms with Gasteiger partial charge in [-0.25, -0.2) is 4.98 Å². The van der Waals surface area contributed by atoms with Gasteiger partial charge in [0.25, 0.3) is 5.91 Å². The van der Waals surface area contributed by atoms with E-state index in [1.54, 1.807) is 48.0 Å². The number of amides is 1. The zero-order valence-electron chi connectivity index (χ0n) is 12.0. The van der Waals surface area contributed by atoms with Crippen LogP contribution in [0.4, 0.5) is 0 Å². The number of rotatable bonds is 3. The van der Waals surface area contributed by atoms with E-state index in [9.17, 15) is 4.79 Å². The van der Waals surface area contributed by atoms with Gasteiger partial charge in [0.2, 0.25) is 11.7 Å². The Morgan fingerprint density at radius 2 is 1.96 bits per heavy atom. The van der Waals surface area contributed by atoms with E-state index in [1.807, 2.05) is 0 Å². The lowest BCUT2D eigenvalue weighted by Gasteiger charge is -2.37. The Morgan fingerprint density at radius 3 is 2.70 bits per heavy atom. The molecule has 3 aromatic rings. The van der Waals surface area contributed by atoms with Crippen LogP contribution in [0.1, 0.15) is 22.2 Å². The van der Waals surface area contributed by atoms with E-state index in [1.165, 1.54) is 0 Å². The van der Waals surface area contributed by atoms with Gasteiger partial charge in [-0.3, -0.25) is 14.8 Å². The number of aromatic nitrogens is 5. The minimum Gasteiger partial charge on any atom is -0.338 e. The lowest BCUT2D eigenvalue weighted by Crippen LogP contribution is -2.48. The van der Waals surface area contributed by atoms with Gasteiger partial charge in [-0.15, -0.1) is 0 Å². The Labute approximate surface area is 131 Å². The largest absolute Gasteiger partial charge is 0.338 e. The third-order valence-electron chi connectivity index (χ3n) is 3.68. The summed E-state index contributed by atoms with van der Waals surface area (Å²) in [6, 6.07) is 3.41. The Balaban J connectivity index is 1.43. The van der Waals surface area contributed by atoms with Crippen molar-refractivity contribution in [3.05, 3.63) is 54.6 Å².